The van der Waals surface area contributed by atoms with Gasteiger partial charge in [0.2, 0.25) is 0 Å². The van der Waals surface area contributed by atoms with Crippen LogP contribution in [0.3, 0.4) is 0 Å². The fourth-order valence-corrected chi connectivity index (χ4v) is 3.89. The number of carbonyl (C=O) groups excluding carboxylic acids is 1. The number of aromatic nitrogens is 1. The fraction of sp³-hybridized carbons (Fsp3) is 0. The summed E-state index contributed by atoms with van der Waals surface area (Å²) in [4.78, 5) is 16.3. The van der Waals surface area contributed by atoms with Gasteiger partial charge in [0.15, 0.2) is 0 Å². The molecule has 0 aliphatic heterocycles. The first-order valence-electron chi connectivity index (χ1n) is 6.52. The number of nitrogens with zero attached hydrogens (tertiary/aromatic N) is 2. The smallest absolute Gasteiger partial charge is 0.260 e. The van der Waals surface area contributed by atoms with Crippen molar-refractivity contribution in [3.8, 4) is 17.2 Å². The zero-order valence-corrected chi connectivity index (χ0v) is 14.3. The Labute approximate surface area is 150 Å². The van der Waals surface area contributed by atoms with Gasteiger partial charge in [-0.25, -0.2) is 4.98 Å². The number of primary amides is 1. The highest BCUT2D eigenvalue weighted by molar-refractivity contribution is 7.21. The molecule has 0 unspecified atom stereocenters. The zero-order valence-electron chi connectivity index (χ0n) is 11.9. The number of amides is 1. The summed E-state index contributed by atoms with van der Waals surface area (Å²) in [7, 11) is 0. The number of carbonyl (C=O) groups is 1. The van der Waals surface area contributed by atoms with Crippen LogP contribution in [0.1, 0.15) is 15.2 Å². The molecule has 3 aromatic rings. The van der Waals surface area contributed by atoms with Crippen LogP contribution in [0.4, 0.5) is 11.5 Å². The Hall–Kier alpha value is -2.53. The van der Waals surface area contributed by atoms with E-state index in [0.717, 1.165) is 11.3 Å². The lowest BCUT2D eigenvalue weighted by molar-refractivity contribution is 0.100. The Morgan fingerprint density at radius 3 is 2.58 bits per heavy atom. The average molecular weight is 378 g/mol. The van der Waals surface area contributed by atoms with E-state index < -0.39 is 5.91 Å². The Balaban J connectivity index is 2.53. The minimum atomic E-state index is -0.680. The molecule has 0 aliphatic rings. The summed E-state index contributed by atoms with van der Waals surface area (Å²) in [5.41, 5.74) is 18.5. The molecule has 1 amide bonds. The quantitative estimate of drug-likeness (QED) is 0.629. The molecule has 0 saturated carbocycles. The lowest BCUT2D eigenvalue weighted by atomic mass is 9.97. The average Bonchev–Trinajstić information content (AvgIpc) is 2.83. The summed E-state index contributed by atoms with van der Waals surface area (Å²) in [5, 5.41) is 10.7. The molecular weight excluding hydrogens is 369 g/mol. The normalized spacial score (nSPS) is 10.7. The summed E-state index contributed by atoms with van der Waals surface area (Å²) in [6.45, 7) is 0. The summed E-state index contributed by atoms with van der Waals surface area (Å²) in [5.74, 6) is -0.663. The van der Waals surface area contributed by atoms with E-state index in [1.165, 1.54) is 0 Å². The molecule has 0 atom stereocenters. The van der Waals surface area contributed by atoms with E-state index >= 15 is 0 Å². The van der Waals surface area contributed by atoms with Gasteiger partial charge in [-0.05, 0) is 12.1 Å². The molecule has 3 rings (SSSR count). The van der Waals surface area contributed by atoms with Gasteiger partial charge in [0.05, 0.1) is 5.69 Å². The maximum Gasteiger partial charge on any atom is 0.260 e. The van der Waals surface area contributed by atoms with Crippen molar-refractivity contribution >= 4 is 62.2 Å². The first-order valence-corrected chi connectivity index (χ1v) is 8.09. The number of pyridine rings is 1. The Bertz CT molecular complexity index is 1050. The van der Waals surface area contributed by atoms with Crippen LogP contribution in [0.5, 0.6) is 0 Å². The maximum absolute atomic E-state index is 11.6. The summed E-state index contributed by atoms with van der Waals surface area (Å²) < 4.78 is 0. The van der Waals surface area contributed by atoms with Crippen molar-refractivity contribution in [3.05, 3.63) is 38.7 Å². The SMILES string of the molecule is N#Cc1c(N)nc2sc(C(N)=O)c(N)c2c1-c1ccc(Cl)cc1Cl. The van der Waals surface area contributed by atoms with Gasteiger partial charge in [0.1, 0.15) is 27.2 Å². The molecule has 0 saturated heterocycles. The second-order valence-electron chi connectivity index (χ2n) is 4.87. The third-order valence-corrected chi connectivity index (χ3v) is 5.10. The third-order valence-electron chi connectivity index (χ3n) is 3.44. The maximum atomic E-state index is 11.6. The molecule has 0 fully saturated rings. The lowest BCUT2D eigenvalue weighted by Crippen LogP contribution is -2.10. The zero-order chi connectivity index (χ0) is 17.6. The number of rotatable bonds is 2. The number of hydrogen-bond acceptors (Lipinski definition) is 6. The molecule has 2 heterocycles. The first kappa shape index (κ1) is 16.3. The van der Waals surface area contributed by atoms with E-state index in [0.29, 0.717) is 31.4 Å². The highest BCUT2D eigenvalue weighted by atomic mass is 35.5. The number of nitrogen functional groups attached to an aromatic ring is 2. The molecule has 0 radical (unpaired) electrons. The van der Waals surface area contributed by atoms with Gasteiger partial charge in [-0.1, -0.05) is 29.3 Å². The number of halogens is 2. The van der Waals surface area contributed by atoms with Gasteiger partial charge in [-0.15, -0.1) is 11.3 Å². The van der Waals surface area contributed by atoms with Gasteiger partial charge in [-0.2, -0.15) is 5.26 Å². The van der Waals surface area contributed by atoms with Crippen molar-refractivity contribution in [1.29, 1.82) is 5.26 Å². The summed E-state index contributed by atoms with van der Waals surface area (Å²) >= 11 is 13.2. The third kappa shape index (κ3) is 2.41. The largest absolute Gasteiger partial charge is 0.397 e. The molecule has 0 spiro atoms. The number of thiophene rings is 1. The van der Waals surface area contributed by atoms with Gasteiger partial charge in [-0.3, -0.25) is 4.79 Å². The fourth-order valence-electron chi connectivity index (χ4n) is 2.43. The van der Waals surface area contributed by atoms with Gasteiger partial charge < -0.3 is 17.2 Å². The molecular formula is C15H9Cl2N5OS. The van der Waals surface area contributed by atoms with Crippen LogP contribution in [-0.4, -0.2) is 10.9 Å². The van der Waals surface area contributed by atoms with Crippen molar-refractivity contribution in [2.24, 2.45) is 5.73 Å². The predicted octanol–water partition coefficient (Wildman–Crippen LogP) is 3.41. The topological polar surface area (TPSA) is 132 Å². The predicted molar refractivity (Wildman–Crippen MR) is 97.1 cm³/mol. The molecule has 2 aromatic heterocycles. The van der Waals surface area contributed by atoms with Crippen LogP contribution < -0.4 is 17.2 Å². The lowest BCUT2D eigenvalue weighted by Gasteiger charge is -2.11. The van der Waals surface area contributed by atoms with E-state index in [9.17, 15) is 10.1 Å². The van der Waals surface area contributed by atoms with E-state index in [1.807, 2.05) is 6.07 Å². The molecule has 9 heteroatoms. The van der Waals surface area contributed by atoms with Crippen LogP contribution in [0.2, 0.25) is 10.0 Å². The summed E-state index contributed by atoms with van der Waals surface area (Å²) in [6.07, 6.45) is 0. The Kier molecular flexibility index (Phi) is 3.97. The monoisotopic (exact) mass is 377 g/mol. The number of benzene rings is 1. The second-order valence-corrected chi connectivity index (χ2v) is 6.71. The molecule has 0 aliphatic carbocycles. The van der Waals surface area contributed by atoms with Crippen molar-refractivity contribution in [3.63, 3.8) is 0 Å². The molecule has 6 N–H and O–H groups in total. The number of fused-ring (bicyclic) bond motifs is 1. The number of hydrogen-bond donors (Lipinski definition) is 3. The van der Waals surface area contributed by atoms with Crippen molar-refractivity contribution in [2.45, 2.75) is 0 Å². The molecule has 0 bridgehead atoms. The number of nitrogens with two attached hydrogens (primary N) is 3. The van der Waals surface area contributed by atoms with E-state index in [-0.39, 0.29) is 21.9 Å². The molecule has 120 valence electrons. The first-order chi connectivity index (χ1) is 11.3. The van der Waals surface area contributed by atoms with E-state index in [1.54, 1.807) is 18.2 Å². The van der Waals surface area contributed by atoms with E-state index in [4.69, 9.17) is 40.4 Å². The molecule has 1 aromatic carbocycles. The van der Waals surface area contributed by atoms with Crippen LogP contribution in [-0.2, 0) is 0 Å². The van der Waals surface area contributed by atoms with Crippen LogP contribution in [0.15, 0.2) is 18.2 Å². The van der Waals surface area contributed by atoms with Crippen LogP contribution >= 0.6 is 34.5 Å². The highest BCUT2D eigenvalue weighted by Gasteiger charge is 2.24. The van der Waals surface area contributed by atoms with Crippen LogP contribution in [0, 0.1) is 11.3 Å². The van der Waals surface area contributed by atoms with Gasteiger partial charge >= 0.3 is 0 Å². The van der Waals surface area contributed by atoms with Gasteiger partial charge in [0.25, 0.3) is 5.91 Å². The highest BCUT2D eigenvalue weighted by Crippen LogP contribution is 2.44. The number of anilines is 2. The van der Waals surface area contributed by atoms with Crippen LogP contribution in [0.25, 0.3) is 21.3 Å². The molecule has 6 nitrogen and oxygen atoms in total. The van der Waals surface area contributed by atoms with E-state index in [2.05, 4.69) is 4.98 Å². The minimum Gasteiger partial charge on any atom is -0.397 e. The standard InChI is InChI=1S/C15H9Cl2N5OS/c16-5-1-2-6(8(17)3-5)9-7(4-18)13(20)22-15-10(9)11(19)12(24-15)14(21)23/h1-3H,19H2,(H2,20,22)(H2,21,23). The van der Waals surface area contributed by atoms with Crippen molar-refractivity contribution in [2.75, 3.05) is 11.5 Å². The van der Waals surface area contributed by atoms with Gasteiger partial charge in [0, 0.05) is 26.6 Å². The number of nitriles is 1. The Morgan fingerprint density at radius 2 is 2.00 bits per heavy atom. The minimum absolute atomic E-state index is 0.0169. The molecule has 24 heavy (non-hydrogen) atoms. The summed E-state index contributed by atoms with van der Waals surface area (Å²) in [6, 6.07) is 6.84. The van der Waals surface area contributed by atoms with Crippen molar-refractivity contribution < 1.29 is 4.79 Å². The van der Waals surface area contributed by atoms with Crippen molar-refractivity contribution in [1.82, 2.24) is 4.98 Å². The Morgan fingerprint density at radius 1 is 1.29 bits per heavy atom. The second kappa shape index (κ2) is 5.83.